The molecule has 1 aliphatic rings. The summed E-state index contributed by atoms with van der Waals surface area (Å²) in [4.78, 5) is 48.5. The lowest BCUT2D eigenvalue weighted by atomic mass is 9.80. The van der Waals surface area contributed by atoms with Crippen LogP contribution in [0.2, 0.25) is 0 Å². The van der Waals surface area contributed by atoms with Gasteiger partial charge in [-0.3, -0.25) is 9.36 Å². The molecule has 0 saturated carbocycles. The van der Waals surface area contributed by atoms with Crippen LogP contribution in [0.25, 0.3) is 11.2 Å². The number of rotatable bonds is 16. The zero-order valence-corrected chi connectivity index (χ0v) is 34.7. The van der Waals surface area contributed by atoms with E-state index in [9.17, 15) is 14.6 Å². The van der Waals surface area contributed by atoms with Crippen LogP contribution < -0.4 is 14.8 Å². The van der Waals surface area contributed by atoms with Gasteiger partial charge in [-0.1, -0.05) is 93.6 Å². The van der Waals surface area contributed by atoms with Crippen LogP contribution in [0.5, 0.6) is 11.5 Å². The van der Waals surface area contributed by atoms with E-state index in [0.717, 1.165) is 16.7 Å². The van der Waals surface area contributed by atoms with Gasteiger partial charge in [0.05, 0.1) is 33.3 Å². The molecule has 1 saturated heterocycles. The molecule has 1 aliphatic heterocycles. The van der Waals surface area contributed by atoms with E-state index < -0.39 is 32.6 Å². The molecule has 0 radical (unpaired) electrons. The number of amides is 1. The molecule has 0 aliphatic carbocycles. The Kier molecular flexibility index (Phi) is 15.1. The largest absolute Gasteiger partial charge is 0.497 e. The summed E-state index contributed by atoms with van der Waals surface area (Å²) in [5, 5.41) is 2.82. The molecule has 310 valence electrons. The first kappa shape index (κ1) is 43.3. The number of nitrogens with zero attached hydrogens (tertiary/aromatic N) is 5. The van der Waals surface area contributed by atoms with E-state index in [1.165, 1.54) is 26.0 Å². The molecule has 1 fully saturated rings. The molecule has 59 heavy (non-hydrogen) atoms. The molecule has 3 atom stereocenters. The van der Waals surface area contributed by atoms with Crippen LogP contribution >= 0.6 is 8.60 Å². The first-order chi connectivity index (χ1) is 28.7. The number of fused-ring (bicyclic) bond motifs is 1. The molecule has 7 rings (SSSR count). The highest BCUT2D eigenvalue weighted by Crippen LogP contribution is 2.44. The number of hydrogen-bond acceptors (Lipinski definition) is 12. The van der Waals surface area contributed by atoms with Crippen LogP contribution in [0.4, 0.5) is 5.82 Å². The Morgan fingerprint density at radius 1 is 0.814 bits per heavy atom. The average molecular weight is 823 g/mol. The van der Waals surface area contributed by atoms with Gasteiger partial charge < -0.3 is 43.5 Å². The van der Waals surface area contributed by atoms with Crippen molar-refractivity contribution in [1.29, 1.82) is 0 Å². The van der Waals surface area contributed by atoms with Crippen molar-refractivity contribution in [2.45, 2.75) is 51.2 Å². The number of hydrogen-bond donors (Lipinski definition) is 3. The summed E-state index contributed by atoms with van der Waals surface area (Å²) in [6.07, 6.45) is 0.890. The number of imidazole rings is 1. The van der Waals surface area contributed by atoms with Gasteiger partial charge in [-0.25, -0.2) is 15.0 Å². The van der Waals surface area contributed by atoms with Gasteiger partial charge in [-0.2, -0.15) is 0 Å². The number of methoxy groups -OCH3 is 2. The van der Waals surface area contributed by atoms with Gasteiger partial charge in [0, 0.05) is 12.0 Å². The van der Waals surface area contributed by atoms with Crippen molar-refractivity contribution in [3.05, 3.63) is 144 Å². The topological polar surface area (TPSA) is 163 Å². The van der Waals surface area contributed by atoms with Crippen molar-refractivity contribution in [3.63, 3.8) is 0 Å². The van der Waals surface area contributed by atoms with Crippen molar-refractivity contribution in [2.24, 2.45) is 0 Å². The minimum Gasteiger partial charge on any atom is -0.497 e. The summed E-state index contributed by atoms with van der Waals surface area (Å²) in [5.74, 6) is 1.28. The summed E-state index contributed by atoms with van der Waals surface area (Å²) in [5.41, 5.74) is 2.60. The maximum atomic E-state index is 12.9. The molecule has 0 bridgehead atoms. The van der Waals surface area contributed by atoms with Crippen LogP contribution in [0.15, 0.2) is 122 Å². The number of aromatic nitrogens is 4. The zero-order chi connectivity index (χ0) is 41.8. The summed E-state index contributed by atoms with van der Waals surface area (Å²) < 4.78 is 31.9. The smallest absolute Gasteiger partial charge is 0.327 e. The van der Waals surface area contributed by atoms with Crippen LogP contribution in [0.3, 0.4) is 0 Å². The third kappa shape index (κ3) is 10.1. The van der Waals surface area contributed by atoms with Crippen molar-refractivity contribution in [1.82, 2.24) is 24.4 Å². The maximum Gasteiger partial charge on any atom is 0.327 e. The SMILES string of the molecule is CCN(CC)CC.COc1ccc(C(OC[C@H]2O[C@@H](n3cnc4c(NC(=O)c5ccccc5)ncnc43)C[C@@H]2OP(O)O)(c2ccccc2)c2ccc(OC)cc2)cc1. The molecule has 0 unspecified atom stereocenters. The highest BCUT2D eigenvalue weighted by Gasteiger charge is 2.44. The Morgan fingerprint density at radius 3 is 1.90 bits per heavy atom. The zero-order valence-electron chi connectivity index (χ0n) is 33.8. The summed E-state index contributed by atoms with van der Waals surface area (Å²) in [7, 11) is 0.496. The first-order valence-electron chi connectivity index (χ1n) is 19.5. The Hall–Kier alpha value is -5.31. The Balaban J connectivity index is 0.000000768. The number of ether oxygens (including phenoxy) is 4. The van der Waals surface area contributed by atoms with Crippen molar-refractivity contribution in [2.75, 3.05) is 45.8 Å². The van der Waals surface area contributed by atoms with E-state index >= 15 is 0 Å². The predicted molar refractivity (Wildman–Crippen MR) is 226 cm³/mol. The molecular formula is C44H51N6O8P. The second kappa shape index (κ2) is 20.6. The molecule has 4 aromatic carbocycles. The minimum atomic E-state index is -2.73. The third-order valence-corrected chi connectivity index (χ3v) is 10.8. The molecule has 0 spiro atoms. The molecule has 3 heterocycles. The van der Waals surface area contributed by atoms with Gasteiger partial charge in [-0.15, -0.1) is 0 Å². The Labute approximate surface area is 345 Å². The van der Waals surface area contributed by atoms with E-state index in [4.69, 9.17) is 23.5 Å². The number of benzene rings is 4. The van der Waals surface area contributed by atoms with E-state index in [0.29, 0.717) is 28.2 Å². The van der Waals surface area contributed by atoms with Gasteiger partial charge in [0.25, 0.3) is 5.91 Å². The highest BCUT2D eigenvalue weighted by atomic mass is 31.2. The molecular weight excluding hydrogens is 771 g/mol. The van der Waals surface area contributed by atoms with E-state index in [1.807, 2.05) is 84.9 Å². The van der Waals surface area contributed by atoms with E-state index in [2.05, 4.69) is 45.9 Å². The summed E-state index contributed by atoms with van der Waals surface area (Å²) >= 11 is 0. The average Bonchev–Trinajstić information content (AvgIpc) is 3.90. The second-order valence-corrected chi connectivity index (χ2v) is 14.3. The fraction of sp³-hybridized carbons (Fsp3) is 0.318. The van der Waals surface area contributed by atoms with Crippen LogP contribution in [0, 0.1) is 0 Å². The minimum absolute atomic E-state index is 0.0166. The maximum absolute atomic E-state index is 12.9. The summed E-state index contributed by atoms with van der Waals surface area (Å²) in [6.45, 7) is 10.1. The highest BCUT2D eigenvalue weighted by molar-refractivity contribution is 7.39. The lowest BCUT2D eigenvalue weighted by Crippen LogP contribution is -2.38. The standard InChI is InChI=1S/C38H36N5O8P.C6H15N/c1-47-29-17-13-27(14-18-29)38(26-11-7-4-8-12-26,28-15-19-30(48-2)20-16-28)49-22-32-31(51-52(45)46)21-33(50-32)43-24-41-34-35(39-23-40-36(34)43)42-37(44)25-9-5-3-6-10-25;1-4-7(5-2)6-3/h3-20,23-24,31-33,45-46H,21-22H2,1-2H3,(H,39,40,42,44);4-6H2,1-3H3/t31-,32+,33+;/m0./s1. The monoisotopic (exact) mass is 822 g/mol. The van der Waals surface area contributed by atoms with Crippen LogP contribution in [-0.2, 0) is 19.6 Å². The quantitative estimate of drug-likeness (QED) is 0.0659. The molecule has 2 aromatic heterocycles. The molecule has 1 amide bonds. The number of carbonyl (C=O) groups excluding carboxylic acids is 1. The number of carbonyl (C=O) groups is 1. The Morgan fingerprint density at radius 2 is 1.37 bits per heavy atom. The molecule has 15 heteroatoms. The van der Waals surface area contributed by atoms with Gasteiger partial charge in [-0.05, 0) is 72.7 Å². The summed E-state index contributed by atoms with van der Waals surface area (Å²) in [6, 6.07) is 33.9. The fourth-order valence-corrected chi connectivity index (χ4v) is 7.59. The number of anilines is 1. The lowest BCUT2D eigenvalue weighted by molar-refractivity contribution is -0.0909. The predicted octanol–water partition coefficient (Wildman–Crippen LogP) is 7.34. The first-order valence-corrected chi connectivity index (χ1v) is 20.7. The van der Waals surface area contributed by atoms with E-state index in [1.54, 1.807) is 49.4 Å². The molecule has 3 N–H and O–H groups in total. The van der Waals surface area contributed by atoms with Crippen molar-refractivity contribution in [3.8, 4) is 11.5 Å². The normalized spacial score (nSPS) is 16.5. The van der Waals surface area contributed by atoms with Crippen molar-refractivity contribution >= 4 is 31.5 Å². The molecule has 6 aromatic rings. The number of nitrogens with one attached hydrogen (secondary N) is 1. The molecule has 14 nitrogen and oxygen atoms in total. The van der Waals surface area contributed by atoms with Crippen LogP contribution in [0.1, 0.15) is 60.5 Å². The van der Waals surface area contributed by atoms with Gasteiger partial charge in [0.1, 0.15) is 35.8 Å². The van der Waals surface area contributed by atoms with Crippen LogP contribution in [-0.4, -0.2) is 92.8 Å². The Bertz CT molecular complexity index is 2150. The third-order valence-electron chi connectivity index (χ3n) is 10.3. The van der Waals surface area contributed by atoms with Gasteiger partial charge in [0.15, 0.2) is 17.0 Å². The van der Waals surface area contributed by atoms with Gasteiger partial charge in [0.2, 0.25) is 0 Å². The lowest BCUT2D eigenvalue weighted by Gasteiger charge is -2.37. The van der Waals surface area contributed by atoms with Gasteiger partial charge >= 0.3 is 8.60 Å². The second-order valence-electron chi connectivity index (χ2n) is 13.6. The van der Waals surface area contributed by atoms with E-state index in [-0.39, 0.29) is 24.8 Å². The van der Waals surface area contributed by atoms with Crippen molar-refractivity contribution < 1.29 is 38.1 Å². The fourth-order valence-electron chi connectivity index (χ4n) is 7.13.